The number of rotatable bonds is 5. The van der Waals surface area contributed by atoms with Crippen LogP contribution in [0.5, 0.6) is 0 Å². The molecule has 1 saturated carbocycles. The molecule has 0 unspecified atom stereocenters. The van der Waals surface area contributed by atoms with E-state index in [9.17, 15) is 9.59 Å². The van der Waals surface area contributed by atoms with Crippen LogP contribution in [0.15, 0.2) is 30.3 Å². The molecule has 1 amide bonds. The molecule has 6 heteroatoms. The third-order valence-corrected chi connectivity index (χ3v) is 4.79. The molecular weight excluding hydrogens is 312 g/mol. The Labute approximate surface area is 138 Å². The first-order chi connectivity index (χ1) is 11.2. The molecule has 23 heavy (non-hydrogen) atoms. The lowest BCUT2D eigenvalue weighted by atomic mass is 9.85. The monoisotopic (exact) mass is 330 g/mol. The number of anilines is 1. The number of hydrogen-bond acceptors (Lipinski definition) is 5. The smallest absolute Gasteiger partial charge is 0.350 e. The van der Waals surface area contributed by atoms with Gasteiger partial charge >= 0.3 is 5.97 Å². The molecule has 1 aliphatic rings. The van der Waals surface area contributed by atoms with Crippen molar-refractivity contribution in [3.63, 3.8) is 0 Å². The largest absolute Gasteiger partial charge is 0.462 e. The Morgan fingerprint density at radius 2 is 2.04 bits per heavy atom. The number of nitrogens with one attached hydrogen (secondary N) is 1. The van der Waals surface area contributed by atoms with Crippen molar-refractivity contribution in [1.82, 2.24) is 4.98 Å². The van der Waals surface area contributed by atoms with Gasteiger partial charge in [0, 0.05) is 11.5 Å². The molecule has 0 spiro atoms. The highest BCUT2D eigenvalue weighted by Crippen LogP contribution is 2.33. The summed E-state index contributed by atoms with van der Waals surface area (Å²) in [6, 6.07) is 9.44. The van der Waals surface area contributed by atoms with Crippen LogP contribution in [0, 0.1) is 5.92 Å². The summed E-state index contributed by atoms with van der Waals surface area (Å²) in [5.41, 5.74) is 1.38. The van der Waals surface area contributed by atoms with Crippen LogP contribution in [0.3, 0.4) is 0 Å². The summed E-state index contributed by atoms with van der Waals surface area (Å²) in [5.74, 6) is -0.349. The fourth-order valence-corrected chi connectivity index (χ4v) is 3.26. The van der Waals surface area contributed by atoms with Crippen molar-refractivity contribution in [3.05, 3.63) is 35.2 Å². The highest BCUT2D eigenvalue weighted by molar-refractivity contribution is 7.18. The fourth-order valence-electron chi connectivity index (χ4n) is 2.38. The lowest BCUT2D eigenvalue weighted by Crippen LogP contribution is -2.27. The van der Waals surface area contributed by atoms with E-state index >= 15 is 0 Å². The third kappa shape index (κ3) is 3.42. The van der Waals surface area contributed by atoms with E-state index in [-0.39, 0.29) is 11.8 Å². The summed E-state index contributed by atoms with van der Waals surface area (Å²) < 4.78 is 5.11. The Hall–Kier alpha value is -2.21. The molecule has 120 valence electrons. The van der Waals surface area contributed by atoms with Crippen molar-refractivity contribution in [2.75, 3.05) is 11.9 Å². The van der Waals surface area contributed by atoms with Crippen LogP contribution < -0.4 is 5.32 Å². The number of hydrogen-bond donors (Lipinski definition) is 1. The van der Waals surface area contributed by atoms with Crippen LogP contribution in [-0.4, -0.2) is 23.5 Å². The molecule has 0 radical (unpaired) electrons. The normalized spacial score (nSPS) is 14.1. The first kappa shape index (κ1) is 15.7. The van der Waals surface area contributed by atoms with Gasteiger partial charge in [-0.3, -0.25) is 4.79 Å². The Morgan fingerprint density at radius 1 is 1.30 bits per heavy atom. The van der Waals surface area contributed by atoms with E-state index in [1.54, 1.807) is 6.92 Å². The summed E-state index contributed by atoms with van der Waals surface area (Å²) in [7, 11) is 0. The Kier molecular flexibility index (Phi) is 4.71. The number of nitrogens with zero attached hydrogens (tertiary/aromatic N) is 1. The predicted octanol–water partition coefficient (Wildman–Crippen LogP) is 3.73. The summed E-state index contributed by atoms with van der Waals surface area (Å²) in [6.45, 7) is 2.06. The second-order valence-electron chi connectivity index (χ2n) is 5.40. The van der Waals surface area contributed by atoms with Gasteiger partial charge in [0.25, 0.3) is 0 Å². The maximum absolute atomic E-state index is 12.2. The van der Waals surface area contributed by atoms with Crippen LogP contribution in [0.4, 0.5) is 5.13 Å². The number of aromatic nitrogens is 1. The highest BCUT2D eigenvalue weighted by atomic mass is 32.1. The average Bonchev–Trinajstić information content (AvgIpc) is 2.90. The number of carbonyl (C=O) groups excluding carboxylic acids is 2. The number of benzene rings is 1. The quantitative estimate of drug-likeness (QED) is 0.848. The van der Waals surface area contributed by atoms with Crippen LogP contribution in [0.25, 0.3) is 11.3 Å². The zero-order valence-corrected chi connectivity index (χ0v) is 13.7. The molecule has 1 fully saturated rings. The van der Waals surface area contributed by atoms with Crippen molar-refractivity contribution in [3.8, 4) is 11.3 Å². The molecule has 1 heterocycles. The van der Waals surface area contributed by atoms with Crippen LogP contribution in [0.2, 0.25) is 0 Å². The summed E-state index contributed by atoms with van der Waals surface area (Å²) in [4.78, 5) is 29.1. The SMILES string of the molecule is CCOC(=O)c1sc(NC(=O)C2CCC2)nc1-c1ccccc1. The molecule has 1 aromatic heterocycles. The van der Waals surface area contributed by atoms with Crippen molar-refractivity contribution >= 4 is 28.3 Å². The van der Waals surface area contributed by atoms with Gasteiger partial charge in [-0.2, -0.15) is 0 Å². The molecule has 1 aliphatic carbocycles. The molecular formula is C17H18N2O3S. The highest BCUT2D eigenvalue weighted by Gasteiger charge is 2.27. The van der Waals surface area contributed by atoms with Crippen LogP contribution >= 0.6 is 11.3 Å². The van der Waals surface area contributed by atoms with Crippen LogP contribution in [0.1, 0.15) is 35.9 Å². The van der Waals surface area contributed by atoms with Gasteiger partial charge in [-0.05, 0) is 19.8 Å². The van der Waals surface area contributed by atoms with Gasteiger partial charge in [0.15, 0.2) is 5.13 Å². The maximum atomic E-state index is 12.2. The van der Waals surface area contributed by atoms with Gasteiger partial charge in [-0.25, -0.2) is 9.78 Å². The predicted molar refractivity (Wildman–Crippen MR) is 89.5 cm³/mol. The van der Waals surface area contributed by atoms with Crippen molar-refractivity contribution in [1.29, 1.82) is 0 Å². The zero-order chi connectivity index (χ0) is 16.2. The zero-order valence-electron chi connectivity index (χ0n) is 12.9. The van der Waals surface area contributed by atoms with Gasteiger partial charge in [0.1, 0.15) is 4.88 Å². The second kappa shape index (κ2) is 6.91. The van der Waals surface area contributed by atoms with Gasteiger partial charge in [0.2, 0.25) is 5.91 Å². The lowest BCUT2D eigenvalue weighted by molar-refractivity contribution is -0.122. The first-order valence-corrected chi connectivity index (χ1v) is 8.55. The molecule has 0 atom stereocenters. The van der Waals surface area contributed by atoms with Gasteiger partial charge < -0.3 is 10.1 Å². The van der Waals surface area contributed by atoms with Crippen molar-refractivity contribution < 1.29 is 14.3 Å². The summed E-state index contributed by atoms with van der Waals surface area (Å²) >= 11 is 1.17. The second-order valence-corrected chi connectivity index (χ2v) is 6.40. The molecule has 1 N–H and O–H groups in total. The molecule has 1 aromatic carbocycles. The van der Waals surface area contributed by atoms with Crippen molar-refractivity contribution in [2.24, 2.45) is 5.92 Å². The number of carbonyl (C=O) groups is 2. The standard InChI is InChI=1S/C17H18N2O3S/c1-2-22-16(21)14-13(11-7-4-3-5-8-11)18-17(23-14)19-15(20)12-9-6-10-12/h3-5,7-8,12H,2,6,9-10H2,1H3,(H,18,19,20). The van der Waals surface area contributed by atoms with E-state index in [2.05, 4.69) is 10.3 Å². The molecule has 0 bridgehead atoms. The maximum Gasteiger partial charge on any atom is 0.350 e. The number of ether oxygens (including phenoxy) is 1. The number of amides is 1. The Morgan fingerprint density at radius 3 is 2.65 bits per heavy atom. The lowest BCUT2D eigenvalue weighted by Gasteiger charge is -2.23. The topological polar surface area (TPSA) is 68.3 Å². The molecule has 3 rings (SSSR count). The third-order valence-electron chi connectivity index (χ3n) is 3.84. The summed E-state index contributed by atoms with van der Waals surface area (Å²) in [5, 5.41) is 3.28. The first-order valence-electron chi connectivity index (χ1n) is 7.73. The molecule has 5 nitrogen and oxygen atoms in total. The Balaban J connectivity index is 1.89. The van der Waals surface area contributed by atoms with Crippen LogP contribution in [-0.2, 0) is 9.53 Å². The number of thiazole rings is 1. The minimum atomic E-state index is -0.409. The van der Waals surface area contributed by atoms with Gasteiger partial charge in [-0.15, -0.1) is 0 Å². The number of esters is 1. The van der Waals surface area contributed by atoms with E-state index < -0.39 is 5.97 Å². The van der Waals surface area contributed by atoms with E-state index in [4.69, 9.17) is 4.74 Å². The van der Waals surface area contributed by atoms with Crippen molar-refractivity contribution in [2.45, 2.75) is 26.2 Å². The Bertz CT molecular complexity index is 708. The van der Waals surface area contributed by atoms with E-state index in [0.29, 0.717) is 22.3 Å². The fraction of sp³-hybridized carbons (Fsp3) is 0.353. The summed E-state index contributed by atoms with van der Waals surface area (Å²) in [6.07, 6.45) is 2.94. The molecule has 0 saturated heterocycles. The van der Waals surface area contributed by atoms with E-state index in [1.165, 1.54) is 11.3 Å². The minimum Gasteiger partial charge on any atom is -0.462 e. The molecule has 0 aliphatic heterocycles. The molecule has 2 aromatic rings. The average molecular weight is 330 g/mol. The minimum absolute atomic E-state index is 0.0139. The van der Waals surface area contributed by atoms with E-state index in [0.717, 1.165) is 24.8 Å². The van der Waals surface area contributed by atoms with Gasteiger partial charge in [-0.1, -0.05) is 48.1 Å². The van der Waals surface area contributed by atoms with Gasteiger partial charge in [0.05, 0.1) is 12.3 Å². The van der Waals surface area contributed by atoms with E-state index in [1.807, 2.05) is 30.3 Å².